The van der Waals surface area contributed by atoms with Crippen molar-refractivity contribution in [3.05, 3.63) is 71.8 Å². The molecule has 4 atom stereocenters. The van der Waals surface area contributed by atoms with Gasteiger partial charge in [-0.05, 0) is 55.8 Å². The van der Waals surface area contributed by atoms with E-state index in [1.165, 1.54) is 6.07 Å². The van der Waals surface area contributed by atoms with Crippen molar-refractivity contribution in [2.75, 3.05) is 26.3 Å². The van der Waals surface area contributed by atoms with Gasteiger partial charge >= 0.3 is 6.18 Å². The fourth-order valence-corrected chi connectivity index (χ4v) is 5.72. The Morgan fingerprint density at radius 3 is 2.09 bits per heavy atom. The van der Waals surface area contributed by atoms with Crippen LogP contribution in [0.15, 0.2) is 60.7 Å². The second kappa shape index (κ2) is 9.87. The predicted octanol–water partition coefficient (Wildman–Crippen LogP) is 6.02. The summed E-state index contributed by atoms with van der Waals surface area (Å²) >= 11 is 0. The van der Waals surface area contributed by atoms with E-state index in [-0.39, 0.29) is 6.61 Å². The summed E-state index contributed by atoms with van der Waals surface area (Å²) < 4.78 is 79.7. The highest BCUT2D eigenvalue weighted by Crippen LogP contribution is 2.57. The van der Waals surface area contributed by atoms with E-state index in [1.54, 1.807) is 30.3 Å². The number of nitriles is 1. The third-order valence-electron chi connectivity index (χ3n) is 7.64. The molecule has 8 heteroatoms. The van der Waals surface area contributed by atoms with Crippen LogP contribution in [0, 0.1) is 17.2 Å². The summed E-state index contributed by atoms with van der Waals surface area (Å²) in [6.07, 6.45) is -5.39. The molecular formula is C27H29F5N2O. The summed E-state index contributed by atoms with van der Waals surface area (Å²) in [4.78, 5) is 0. The standard InChI is InChI=1S/C27H29F5N2O/c28-25(19-35-18-24(11-13-34-14-12-24)22-9-5-2-6-10-22)15-21(20-7-3-1-4-8-20)16-26(29,23(25)17-33)27(30,31)32/h1-10,21,23,34H,11-16,18-19H2. The van der Waals surface area contributed by atoms with Gasteiger partial charge in [0.25, 0.3) is 0 Å². The molecule has 1 aliphatic carbocycles. The lowest BCUT2D eigenvalue weighted by Gasteiger charge is -2.47. The van der Waals surface area contributed by atoms with Crippen LogP contribution in [0.5, 0.6) is 0 Å². The van der Waals surface area contributed by atoms with Gasteiger partial charge in [0.15, 0.2) is 5.67 Å². The molecule has 2 aromatic rings. The molecule has 188 valence electrons. The normalized spacial score (nSPS) is 31.0. The van der Waals surface area contributed by atoms with Gasteiger partial charge in [-0.25, -0.2) is 8.78 Å². The van der Waals surface area contributed by atoms with Gasteiger partial charge in [0.2, 0.25) is 5.67 Å². The predicted molar refractivity (Wildman–Crippen MR) is 122 cm³/mol. The first-order chi connectivity index (χ1) is 16.6. The Morgan fingerprint density at radius 2 is 1.51 bits per heavy atom. The summed E-state index contributed by atoms with van der Waals surface area (Å²) in [6, 6.07) is 19.0. The SMILES string of the molecule is N#CC1C(F)(COCC2(c3ccccc3)CCNCC2)CC(c2ccccc2)CC1(F)C(F)(F)F. The molecule has 3 nitrogen and oxygen atoms in total. The number of alkyl halides is 5. The van der Waals surface area contributed by atoms with E-state index in [2.05, 4.69) is 5.32 Å². The van der Waals surface area contributed by atoms with Gasteiger partial charge < -0.3 is 10.1 Å². The Labute approximate surface area is 202 Å². The van der Waals surface area contributed by atoms with E-state index >= 15 is 8.78 Å². The van der Waals surface area contributed by atoms with Gasteiger partial charge in [0, 0.05) is 5.41 Å². The minimum atomic E-state index is -5.39. The van der Waals surface area contributed by atoms with E-state index in [9.17, 15) is 18.4 Å². The van der Waals surface area contributed by atoms with Gasteiger partial charge in [0.1, 0.15) is 5.92 Å². The van der Waals surface area contributed by atoms with Crippen LogP contribution in [-0.2, 0) is 10.2 Å². The Bertz CT molecular complexity index is 1020. The number of nitrogens with zero attached hydrogens (tertiary/aromatic N) is 1. The van der Waals surface area contributed by atoms with Gasteiger partial charge in [0.05, 0.1) is 19.3 Å². The number of halogens is 5. The summed E-state index contributed by atoms with van der Waals surface area (Å²) in [5.41, 5.74) is -5.80. The number of hydrogen-bond acceptors (Lipinski definition) is 3. The van der Waals surface area contributed by atoms with Gasteiger partial charge in [-0.15, -0.1) is 0 Å². The van der Waals surface area contributed by atoms with Crippen LogP contribution >= 0.6 is 0 Å². The van der Waals surface area contributed by atoms with Crippen LogP contribution < -0.4 is 5.32 Å². The fraction of sp³-hybridized carbons (Fsp3) is 0.519. The number of nitrogens with one attached hydrogen (secondary N) is 1. The molecule has 2 aromatic carbocycles. The van der Waals surface area contributed by atoms with Crippen molar-refractivity contribution < 1.29 is 26.7 Å². The lowest BCUT2D eigenvalue weighted by Crippen LogP contribution is -2.61. The maximum atomic E-state index is 16.4. The van der Waals surface area contributed by atoms with E-state index in [1.807, 2.05) is 30.3 Å². The molecule has 1 N–H and O–H groups in total. The van der Waals surface area contributed by atoms with Crippen molar-refractivity contribution in [1.29, 1.82) is 5.26 Å². The fourth-order valence-electron chi connectivity index (χ4n) is 5.72. The Kier molecular flexibility index (Phi) is 7.21. The molecule has 1 saturated heterocycles. The Hall–Kier alpha value is -2.50. The van der Waals surface area contributed by atoms with Crippen LogP contribution in [-0.4, -0.2) is 43.8 Å². The zero-order chi connectivity index (χ0) is 25.2. The first-order valence-corrected chi connectivity index (χ1v) is 11.9. The monoisotopic (exact) mass is 492 g/mol. The second-order valence-corrected chi connectivity index (χ2v) is 9.86. The smallest absolute Gasteiger partial charge is 0.377 e. The average Bonchev–Trinajstić information content (AvgIpc) is 2.85. The average molecular weight is 493 g/mol. The highest BCUT2D eigenvalue weighted by atomic mass is 19.4. The minimum absolute atomic E-state index is 0.0732. The van der Waals surface area contributed by atoms with Gasteiger partial charge in [-0.3, -0.25) is 0 Å². The molecule has 4 unspecified atom stereocenters. The van der Waals surface area contributed by atoms with Crippen LogP contribution in [0.2, 0.25) is 0 Å². The number of piperidine rings is 1. The van der Waals surface area contributed by atoms with E-state index < -0.39 is 54.2 Å². The highest BCUT2D eigenvalue weighted by molar-refractivity contribution is 5.28. The highest BCUT2D eigenvalue weighted by Gasteiger charge is 2.70. The van der Waals surface area contributed by atoms with Crippen molar-refractivity contribution in [3.63, 3.8) is 0 Å². The van der Waals surface area contributed by atoms with Crippen LogP contribution in [0.25, 0.3) is 0 Å². The lowest BCUT2D eigenvalue weighted by molar-refractivity contribution is -0.272. The summed E-state index contributed by atoms with van der Waals surface area (Å²) in [6.45, 7) is 0.733. The maximum Gasteiger partial charge on any atom is 0.423 e. The number of ether oxygens (including phenoxy) is 1. The lowest BCUT2D eigenvalue weighted by atomic mass is 9.63. The van der Waals surface area contributed by atoms with E-state index in [0.29, 0.717) is 18.4 Å². The second-order valence-electron chi connectivity index (χ2n) is 9.86. The molecule has 1 saturated carbocycles. The number of benzene rings is 2. The van der Waals surface area contributed by atoms with Crippen molar-refractivity contribution in [1.82, 2.24) is 5.32 Å². The van der Waals surface area contributed by atoms with Gasteiger partial charge in [-0.1, -0.05) is 60.7 Å². The number of hydrogen-bond donors (Lipinski definition) is 1. The van der Waals surface area contributed by atoms with Crippen LogP contribution in [0.4, 0.5) is 22.0 Å². The zero-order valence-electron chi connectivity index (χ0n) is 19.3. The van der Waals surface area contributed by atoms with Crippen molar-refractivity contribution >= 4 is 0 Å². The quantitative estimate of drug-likeness (QED) is 0.502. The third kappa shape index (κ3) is 4.94. The van der Waals surface area contributed by atoms with Crippen molar-refractivity contribution in [2.24, 2.45) is 5.92 Å². The summed E-state index contributed by atoms with van der Waals surface area (Å²) in [5.74, 6) is -3.56. The molecule has 1 heterocycles. The largest absolute Gasteiger partial charge is 0.423 e. The summed E-state index contributed by atoms with van der Waals surface area (Å²) in [5, 5.41) is 12.8. The minimum Gasteiger partial charge on any atom is -0.377 e. The first kappa shape index (κ1) is 25.6. The van der Waals surface area contributed by atoms with Crippen LogP contribution in [0.3, 0.4) is 0 Å². The molecule has 0 bridgehead atoms. The van der Waals surface area contributed by atoms with E-state index in [4.69, 9.17) is 4.74 Å². The molecule has 0 radical (unpaired) electrons. The molecule has 35 heavy (non-hydrogen) atoms. The molecule has 2 fully saturated rings. The Morgan fingerprint density at radius 1 is 0.914 bits per heavy atom. The molecule has 4 rings (SSSR count). The number of rotatable bonds is 6. The zero-order valence-corrected chi connectivity index (χ0v) is 19.3. The topological polar surface area (TPSA) is 45.0 Å². The first-order valence-electron chi connectivity index (χ1n) is 11.9. The molecule has 0 spiro atoms. The van der Waals surface area contributed by atoms with Crippen molar-refractivity contribution in [3.8, 4) is 6.07 Å². The Balaban J connectivity index is 1.61. The van der Waals surface area contributed by atoms with Gasteiger partial charge in [-0.2, -0.15) is 18.4 Å². The van der Waals surface area contributed by atoms with E-state index in [0.717, 1.165) is 18.7 Å². The molecular weight excluding hydrogens is 463 g/mol. The molecule has 1 aliphatic heterocycles. The third-order valence-corrected chi connectivity index (χ3v) is 7.64. The molecule has 2 aliphatic rings. The summed E-state index contributed by atoms with van der Waals surface area (Å²) in [7, 11) is 0. The molecule has 0 aromatic heterocycles. The maximum absolute atomic E-state index is 16.4. The molecule has 0 amide bonds. The van der Waals surface area contributed by atoms with Crippen molar-refractivity contribution in [2.45, 2.75) is 54.5 Å². The van der Waals surface area contributed by atoms with Crippen LogP contribution in [0.1, 0.15) is 42.7 Å².